The van der Waals surface area contributed by atoms with Crippen LogP contribution in [0.2, 0.25) is 0 Å². The molecule has 0 bridgehead atoms. The third-order valence-corrected chi connectivity index (χ3v) is 7.02. The van der Waals surface area contributed by atoms with Gasteiger partial charge in [-0.15, -0.1) is 0 Å². The van der Waals surface area contributed by atoms with Gasteiger partial charge in [0.25, 0.3) is 5.91 Å². The lowest BCUT2D eigenvalue weighted by Crippen LogP contribution is -2.58. The Balaban J connectivity index is 1.59. The number of furan rings is 1. The Morgan fingerprint density at radius 1 is 1.16 bits per heavy atom. The number of nitrogens with one attached hydrogen (secondary N) is 1. The van der Waals surface area contributed by atoms with Crippen molar-refractivity contribution in [3.63, 3.8) is 0 Å². The van der Waals surface area contributed by atoms with Crippen LogP contribution in [0.15, 0.2) is 46.9 Å². The summed E-state index contributed by atoms with van der Waals surface area (Å²) in [7, 11) is 1.64. The first-order valence-corrected chi connectivity index (χ1v) is 11.2. The van der Waals surface area contributed by atoms with E-state index in [-0.39, 0.29) is 17.9 Å². The fraction of sp³-hybridized carbons (Fsp3) is 0.385. The molecule has 0 saturated carbocycles. The van der Waals surface area contributed by atoms with Gasteiger partial charge in [0.2, 0.25) is 5.91 Å². The van der Waals surface area contributed by atoms with Crippen LogP contribution < -0.4 is 10.1 Å². The van der Waals surface area contributed by atoms with Gasteiger partial charge in [0, 0.05) is 23.9 Å². The maximum absolute atomic E-state index is 13.9. The zero-order chi connectivity index (χ0) is 22.5. The number of carbonyl (C=O) groups is 2. The van der Waals surface area contributed by atoms with E-state index in [1.54, 1.807) is 7.11 Å². The average molecular weight is 433 g/mol. The summed E-state index contributed by atoms with van der Waals surface area (Å²) >= 11 is 0. The van der Waals surface area contributed by atoms with Crippen molar-refractivity contribution in [2.75, 3.05) is 13.7 Å². The molecule has 3 heterocycles. The highest BCUT2D eigenvalue weighted by Gasteiger charge is 2.51. The van der Waals surface area contributed by atoms with Crippen molar-refractivity contribution in [3.05, 3.63) is 64.9 Å². The molecule has 166 valence electrons. The first kappa shape index (κ1) is 20.6. The zero-order valence-electron chi connectivity index (χ0n) is 18.7. The van der Waals surface area contributed by atoms with Gasteiger partial charge in [-0.2, -0.15) is 0 Å². The lowest BCUT2D eigenvalue weighted by atomic mass is 9.76. The van der Waals surface area contributed by atoms with E-state index in [1.807, 2.05) is 55.1 Å². The van der Waals surface area contributed by atoms with Gasteiger partial charge in [-0.05, 0) is 62.9 Å². The van der Waals surface area contributed by atoms with Gasteiger partial charge in [0.05, 0.1) is 18.7 Å². The molecule has 1 aromatic heterocycles. The molecule has 2 aliphatic rings. The fourth-order valence-corrected chi connectivity index (χ4v) is 5.43. The molecule has 0 radical (unpaired) electrons. The van der Waals surface area contributed by atoms with Crippen LogP contribution >= 0.6 is 0 Å². The molecule has 2 fully saturated rings. The van der Waals surface area contributed by atoms with Crippen molar-refractivity contribution in [1.82, 2.24) is 10.2 Å². The number of aryl methyl sites for hydroxylation is 2. The number of fused-ring (bicyclic) bond motifs is 1. The minimum absolute atomic E-state index is 0.0493. The van der Waals surface area contributed by atoms with Crippen LogP contribution in [0.1, 0.15) is 59.0 Å². The zero-order valence-corrected chi connectivity index (χ0v) is 18.7. The normalized spacial score (nSPS) is 23.0. The van der Waals surface area contributed by atoms with Crippen molar-refractivity contribution in [2.45, 2.75) is 51.1 Å². The molecule has 2 aromatic carbocycles. The molecule has 2 amide bonds. The smallest absolute Gasteiger partial charge is 0.290 e. The van der Waals surface area contributed by atoms with Crippen LogP contribution in [-0.4, -0.2) is 35.9 Å². The van der Waals surface area contributed by atoms with Crippen molar-refractivity contribution >= 4 is 22.8 Å². The Morgan fingerprint density at radius 3 is 2.62 bits per heavy atom. The van der Waals surface area contributed by atoms with Crippen LogP contribution in [0, 0.1) is 13.8 Å². The summed E-state index contributed by atoms with van der Waals surface area (Å²) in [6.45, 7) is 4.59. The van der Waals surface area contributed by atoms with Gasteiger partial charge >= 0.3 is 0 Å². The van der Waals surface area contributed by atoms with Gasteiger partial charge in [-0.25, -0.2) is 0 Å². The number of amides is 2. The fourth-order valence-electron chi connectivity index (χ4n) is 5.43. The molecule has 6 nitrogen and oxygen atoms in total. The van der Waals surface area contributed by atoms with Gasteiger partial charge in [0.1, 0.15) is 11.3 Å². The Kier molecular flexibility index (Phi) is 4.96. The molecule has 5 rings (SSSR count). The molecular weight excluding hydrogens is 404 g/mol. The molecule has 1 spiro atoms. The number of methoxy groups -OCH3 is 1. The summed E-state index contributed by atoms with van der Waals surface area (Å²) in [5, 5.41) is 4.20. The molecule has 0 aliphatic carbocycles. The Labute approximate surface area is 187 Å². The van der Waals surface area contributed by atoms with Crippen LogP contribution in [-0.2, 0) is 4.79 Å². The third kappa shape index (κ3) is 3.25. The number of rotatable bonds is 3. The minimum atomic E-state index is -0.462. The van der Waals surface area contributed by atoms with E-state index in [2.05, 4.69) is 11.4 Å². The monoisotopic (exact) mass is 432 g/mol. The summed E-state index contributed by atoms with van der Waals surface area (Å²) in [5.41, 5.74) is 3.24. The number of benzene rings is 2. The standard InChI is InChI=1S/C26H28N2O4/c1-16-5-10-21-20(15-16)17(2)23(32-21)25(30)28-14-4-12-26(13-11-22(29)27-26)24(28)18-6-8-19(31-3)9-7-18/h5-10,15,24H,4,11-14H2,1-3H3,(H,27,29)/t24-,26+/m1/s1. The Morgan fingerprint density at radius 2 is 1.94 bits per heavy atom. The van der Waals surface area contributed by atoms with E-state index >= 15 is 0 Å². The van der Waals surface area contributed by atoms with Gasteiger partial charge in [-0.1, -0.05) is 23.8 Å². The second-order valence-electron chi connectivity index (χ2n) is 9.04. The number of hydrogen-bond donors (Lipinski definition) is 1. The van der Waals surface area contributed by atoms with E-state index < -0.39 is 5.54 Å². The highest BCUT2D eigenvalue weighted by atomic mass is 16.5. The third-order valence-electron chi connectivity index (χ3n) is 7.02. The number of likely N-dealkylation sites (tertiary alicyclic amines) is 1. The molecular formula is C26H28N2O4. The number of piperidine rings is 1. The molecule has 1 N–H and O–H groups in total. The molecule has 2 saturated heterocycles. The second kappa shape index (κ2) is 7.69. The lowest BCUT2D eigenvalue weighted by Gasteiger charge is -2.48. The molecule has 6 heteroatoms. The van der Waals surface area contributed by atoms with Crippen LogP contribution in [0.3, 0.4) is 0 Å². The largest absolute Gasteiger partial charge is 0.497 e. The van der Waals surface area contributed by atoms with Gasteiger partial charge in [-0.3, -0.25) is 9.59 Å². The predicted octanol–water partition coefficient (Wildman–Crippen LogP) is 4.68. The number of hydrogen-bond acceptors (Lipinski definition) is 4. The molecule has 2 aliphatic heterocycles. The second-order valence-corrected chi connectivity index (χ2v) is 9.04. The summed E-state index contributed by atoms with van der Waals surface area (Å²) < 4.78 is 11.4. The van der Waals surface area contributed by atoms with Crippen molar-refractivity contribution in [2.24, 2.45) is 0 Å². The minimum Gasteiger partial charge on any atom is -0.497 e. The van der Waals surface area contributed by atoms with Gasteiger partial charge in [0.15, 0.2) is 5.76 Å². The topological polar surface area (TPSA) is 71.8 Å². The summed E-state index contributed by atoms with van der Waals surface area (Å²) in [5.74, 6) is 1.06. The number of carbonyl (C=O) groups excluding carboxylic acids is 2. The van der Waals surface area contributed by atoms with E-state index in [0.29, 0.717) is 25.1 Å². The molecule has 3 aromatic rings. The summed E-state index contributed by atoms with van der Waals surface area (Å²) in [4.78, 5) is 28.1. The van der Waals surface area contributed by atoms with Crippen molar-refractivity contribution in [3.8, 4) is 5.75 Å². The van der Waals surface area contributed by atoms with Crippen LogP contribution in [0.4, 0.5) is 0 Å². The lowest BCUT2D eigenvalue weighted by molar-refractivity contribution is -0.120. The van der Waals surface area contributed by atoms with E-state index in [1.165, 1.54) is 0 Å². The predicted molar refractivity (Wildman–Crippen MR) is 122 cm³/mol. The van der Waals surface area contributed by atoms with E-state index in [0.717, 1.165) is 46.3 Å². The van der Waals surface area contributed by atoms with Gasteiger partial charge < -0.3 is 19.4 Å². The molecule has 32 heavy (non-hydrogen) atoms. The average Bonchev–Trinajstić information content (AvgIpc) is 3.33. The Bertz CT molecular complexity index is 1200. The highest BCUT2D eigenvalue weighted by Crippen LogP contribution is 2.45. The first-order chi connectivity index (χ1) is 15.4. The molecule has 2 atom stereocenters. The summed E-state index contributed by atoms with van der Waals surface area (Å²) in [6, 6.07) is 13.5. The SMILES string of the molecule is COc1ccc([C@H]2N(C(=O)c3oc4ccc(C)cc4c3C)CCC[C@]23CCC(=O)N3)cc1. The van der Waals surface area contributed by atoms with E-state index in [4.69, 9.17) is 9.15 Å². The van der Waals surface area contributed by atoms with Crippen LogP contribution in [0.25, 0.3) is 11.0 Å². The maximum atomic E-state index is 13.9. The van der Waals surface area contributed by atoms with Crippen molar-refractivity contribution in [1.29, 1.82) is 0 Å². The number of nitrogens with zero attached hydrogens (tertiary/aromatic N) is 1. The first-order valence-electron chi connectivity index (χ1n) is 11.2. The quantitative estimate of drug-likeness (QED) is 0.652. The molecule has 0 unspecified atom stereocenters. The Hall–Kier alpha value is -3.28. The summed E-state index contributed by atoms with van der Waals surface area (Å²) in [6.07, 6.45) is 2.87. The highest BCUT2D eigenvalue weighted by molar-refractivity contribution is 5.99. The van der Waals surface area contributed by atoms with Crippen LogP contribution in [0.5, 0.6) is 5.75 Å². The number of ether oxygens (including phenoxy) is 1. The van der Waals surface area contributed by atoms with Crippen molar-refractivity contribution < 1.29 is 18.7 Å². The van der Waals surface area contributed by atoms with E-state index in [9.17, 15) is 9.59 Å². The maximum Gasteiger partial charge on any atom is 0.290 e.